The molecule has 0 fully saturated rings. The number of amides is 1. The summed E-state index contributed by atoms with van der Waals surface area (Å²) in [5, 5.41) is 10.6. The fraction of sp³-hybridized carbons (Fsp3) is 0.375. The van der Waals surface area contributed by atoms with Crippen LogP contribution in [0.1, 0.15) is 25.3 Å². The van der Waals surface area contributed by atoms with Gasteiger partial charge in [-0.1, -0.05) is 30.3 Å². The maximum Gasteiger partial charge on any atom is 0.305 e. The quantitative estimate of drug-likeness (QED) is 0.808. The molecule has 1 N–H and O–H groups in total. The molecular weight excluding hydrogens is 270 g/mol. The van der Waals surface area contributed by atoms with E-state index in [1.807, 2.05) is 30.3 Å². The summed E-state index contributed by atoms with van der Waals surface area (Å²) >= 11 is 0. The van der Waals surface area contributed by atoms with E-state index in [0.717, 1.165) is 5.56 Å². The molecule has 0 spiro atoms. The van der Waals surface area contributed by atoms with E-state index in [4.69, 9.17) is 4.74 Å². The Morgan fingerprint density at radius 3 is 2.71 bits per heavy atom. The van der Waals surface area contributed by atoms with Crippen LogP contribution in [0.5, 0.6) is 0 Å². The summed E-state index contributed by atoms with van der Waals surface area (Å²) in [7, 11) is 0. The lowest BCUT2D eigenvalue weighted by atomic mass is 10.1. The van der Waals surface area contributed by atoms with E-state index < -0.39 is 5.72 Å². The maximum atomic E-state index is 11.9. The van der Waals surface area contributed by atoms with Gasteiger partial charge in [0.15, 0.2) is 5.72 Å². The lowest BCUT2D eigenvalue weighted by Gasteiger charge is -2.33. The molecule has 1 unspecified atom stereocenters. The number of carbonyl (C=O) groups excluding carboxylic acids is 2. The standard InChI is InChI=1S/C16H19NO4/c1-2-21-15(19)9-11-16(20)10-8-14(18)17(16)12-13-6-4-3-5-7-13/h3-8,10,20H,2,9,11-12H2,1H3. The number of aliphatic hydroxyl groups is 1. The normalized spacial score (nSPS) is 20.9. The fourth-order valence-corrected chi connectivity index (χ4v) is 2.29. The van der Waals surface area contributed by atoms with Crippen molar-refractivity contribution in [3.8, 4) is 0 Å². The van der Waals surface area contributed by atoms with Gasteiger partial charge >= 0.3 is 5.97 Å². The van der Waals surface area contributed by atoms with Gasteiger partial charge in [0, 0.05) is 19.0 Å². The van der Waals surface area contributed by atoms with Gasteiger partial charge in [-0.3, -0.25) is 9.59 Å². The van der Waals surface area contributed by atoms with Crippen molar-refractivity contribution >= 4 is 11.9 Å². The van der Waals surface area contributed by atoms with Gasteiger partial charge in [0.25, 0.3) is 0 Å². The van der Waals surface area contributed by atoms with Gasteiger partial charge in [-0.2, -0.15) is 0 Å². The van der Waals surface area contributed by atoms with Crippen molar-refractivity contribution < 1.29 is 19.4 Å². The fourth-order valence-electron chi connectivity index (χ4n) is 2.29. The highest BCUT2D eigenvalue weighted by Gasteiger charge is 2.39. The summed E-state index contributed by atoms with van der Waals surface area (Å²) in [4.78, 5) is 24.7. The Bertz CT molecular complexity index is 540. The SMILES string of the molecule is CCOC(=O)CCC1(O)C=CC(=O)N1Cc1ccccc1. The largest absolute Gasteiger partial charge is 0.466 e. The van der Waals surface area contributed by atoms with Crippen LogP contribution in [0.2, 0.25) is 0 Å². The van der Waals surface area contributed by atoms with Crippen LogP contribution in [-0.4, -0.2) is 34.2 Å². The van der Waals surface area contributed by atoms with Crippen molar-refractivity contribution in [3.63, 3.8) is 0 Å². The van der Waals surface area contributed by atoms with Crippen LogP contribution in [0.25, 0.3) is 0 Å². The van der Waals surface area contributed by atoms with E-state index in [2.05, 4.69) is 0 Å². The van der Waals surface area contributed by atoms with Crippen LogP contribution < -0.4 is 0 Å². The van der Waals surface area contributed by atoms with Crippen LogP contribution >= 0.6 is 0 Å². The molecule has 0 radical (unpaired) electrons. The topological polar surface area (TPSA) is 66.8 Å². The summed E-state index contributed by atoms with van der Waals surface area (Å²) in [6.07, 6.45) is 2.97. The van der Waals surface area contributed by atoms with E-state index in [-0.39, 0.29) is 24.7 Å². The maximum absolute atomic E-state index is 11.9. The zero-order valence-corrected chi connectivity index (χ0v) is 12.0. The van der Waals surface area contributed by atoms with Gasteiger partial charge in [-0.15, -0.1) is 0 Å². The molecule has 112 valence electrons. The smallest absolute Gasteiger partial charge is 0.305 e. The molecule has 0 saturated carbocycles. The van der Waals surface area contributed by atoms with E-state index in [1.165, 1.54) is 17.1 Å². The second kappa shape index (κ2) is 6.54. The summed E-state index contributed by atoms with van der Waals surface area (Å²) in [6.45, 7) is 2.33. The first-order valence-electron chi connectivity index (χ1n) is 6.98. The van der Waals surface area contributed by atoms with Crippen LogP contribution in [0, 0.1) is 0 Å². The minimum atomic E-state index is -1.43. The molecule has 1 aliphatic heterocycles. The number of rotatable bonds is 6. The zero-order valence-electron chi connectivity index (χ0n) is 12.0. The molecule has 1 heterocycles. The lowest BCUT2D eigenvalue weighted by Crippen LogP contribution is -2.46. The third kappa shape index (κ3) is 3.70. The Labute approximate surface area is 123 Å². The highest BCUT2D eigenvalue weighted by molar-refractivity contribution is 5.91. The van der Waals surface area contributed by atoms with Crippen molar-refractivity contribution in [2.24, 2.45) is 0 Å². The summed E-state index contributed by atoms with van der Waals surface area (Å²) in [6, 6.07) is 9.41. The zero-order chi connectivity index (χ0) is 15.3. The molecule has 1 aromatic carbocycles. The van der Waals surface area contributed by atoms with Crippen LogP contribution in [0.4, 0.5) is 0 Å². The third-order valence-electron chi connectivity index (χ3n) is 3.41. The van der Waals surface area contributed by atoms with E-state index in [1.54, 1.807) is 6.92 Å². The van der Waals surface area contributed by atoms with Gasteiger partial charge in [0.1, 0.15) is 0 Å². The average molecular weight is 289 g/mol. The number of nitrogens with zero attached hydrogens (tertiary/aromatic N) is 1. The number of benzene rings is 1. The molecule has 0 bridgehead atoms. The van der Waals surface area contributed by atoms with E-state index in [0.29, 0.717) is 13.2 Å². The first kappa shape index (κ1) is 15.3. The first-order valence-corrected chi connectivity index (χ1v) is 6.98. The molecule has 5 heteroatoms. The second-order valence-electron chi connectivity index (χ2n) is 4.93. The number of hydrogen-bond donors (Lipinski definition) is 1. The molecule has 0 saturated heterocycles. The van der Waals surface area contributed by atoms with Gasteiger partial charge in [-0.05, 0) is 18.6 Å². The average Bonchev–Trinajstić information content (AvgIpc) is 2.76. The summed E-state index contributed by atoms with van der Waals surface area (Å²) in [5.41, 5.74) is -0.510. The molecule has 21 heavy (non-hydrogen) atoms. The van der Waals surface area contributed by atoms with Crippen LogP contribution in [0.3, 0.4) is 0 Å². The number of carbonyl (C=O) groups is 2. The molecular formula is C16H19NO4. The molecule has 1 aromatic rings. The summed E-state index contributed by atoms with van der Waals surface area (Å²) in [5.74, 6) is -0.636. The number of ether oxygens (including phenoxy) is 1. The molecule has 1 amide bonds. The number of hydrogen-bond acceptors (Lipinski definition) is 4. The van der Waals surface area contributed by atoms with Crippen molar-refractivity contribution in [1.29, 1.82) is 0 Å². The van der Waals surface area contributed by atoms with Crippen LogP contribution in [0.15, 0.2) is 42.5 Å². The minimum Gasteiger partial charge on any atom is -0.466 e. The Kier molecular flexibility index (Phi) is 4.75. The Morgan fingerprint density at radius 1 is 1.33 bits per heavy atom. The Balaban J connectivity index is 2.04. The molecule has 0 aliphatic carbocycles. The van der Waals surface area contributed by atoms with Crippen molar-refractivity contribution in [3.05, 3.63) is 48.0 Å². The van der Waals surface area contributed by atoms with Crippen molar-refractivity contribution in [2.75, 3.05) is 6.61 Å². The van der Waals surface area contributed by atoms with E-state index >= 15 is 0 Å². The lowest BCUT2D eigenvalue weighted by molar-refractivity contribution is -0.151. The molecule has 5 nitrogen and oxygen atoms in total. The highest BCUT2D eigenvalue weighted by atomic mass is 16.5. The molecule has 1 aliphatic rings. The minimum absolute atomic E-state index is 0.0627. The third-order valence-corrected chi connectivity index (χ3v) is 3.41. The van der Waals surface area contributed by atoms with Crippen LogP contribution in [-0.2, 0) is 20.9 Å². The van der Waals surface area contributed by atoms with E-state index in [9.17, 15) is 14.7 Å². The molecule has 2 rings (SSSR count). The van der Waals surface area contributed by atoms with Gasteiger partial charge < -0.3 is 14.7 Å². The van der Waals surface area contributed by atoms with Gasteiger partial charge in [0.2, 0.25) is 5.91 Å². The monoisotopic (exact) mass is 289 g/mol. The van der Waals surface area contributed by atoms with Crippen molar-refractivity contribution in [1.82, 2.24) is 4.90 Å². The predicted octanol–water partition coefficient (Wildman–Crippen LogP) is 1.62. The second-order valence-corrected chi connectivity index (χ2v) is 4.93. The van der Waals surface area contributed by atoms with Gasteiger partial charge in [-0.25, -0.2) is 0 Å². The highest BCUT2D eigenvalue weighted by Crippen LogP contribution is 2.28. The predicted molar refractivity (Wildman–Crippen MR) is 76.9 cm³/mol. The molecule has 1 atom stereocenters. The Hall–Kier alpha value is -2.14. The van der Waals surface area contributed by atoms with Gasteiger partial charge in [0.05, 0.1) is 13.0 Å². The van der Waals surface area contributed by atoms with Crippen molar-refractivity contribution in [2.45, 2.75) is 32.0 Å². The Morgan fingerprint density at radius 2 is 2.05 bits per heavy atom. The molecule has 0 aromatic heterocycles. The summed E-state index contributed by atoms with van der Waals surface area (Å²) < 4.78 is 4.85. The first-order chi connectivity index (χ1) is 10.0. The number of esters is 1.